The first-order valence-electron chi connectivity index (χ1n) is 5.84. The summed E-state index contributed by atoms with van der Waals surface area (Å²) in [6.45, 7) is 0. The van der Waals surface area contributed by atoms with E-state index in [0.29, 0.717) is 5.75 Å². The highest BCUT2D eigenvalue weighted by atomic mass is 32.2. The number of rotatable bonds is 4. The SMILES string of the molecule is COc1ccc(F)c(Nc2cc(S(N)(=O)=O)ccc2N)c1. The number of benzene rings is 2. The van der Waals surface area contributed by atoms with Gasteiger partial charge in [-0.15, -0.1) is 0 Å². The van der Waals surface area contributed by atoms with Crippen molar-refractivity contribution >= 4 is 27.1 Å². The van der Waals surface area contributed by atoms with E-state index in [-0.39, 0.29) is 22.0 Å². The molecule has 0 spiro atoms. The van der Waals surface area contributed by atoms with E-state index in [1.54, 1.807) is 0 Å². The molecule has 0 amide bonds. The molecule has 0 heterocycles. The van der Waals surface area contributed by atoms with Gasteiger partial charge in [-0.2, -0.15) is 0 Å². The van der Waals surface area contributed by atoms with Gasteiger partial charge < -0.3 is 15.8 Å². The number of primary sulfonamides is 1. The molecule has 21 heavy (non-hydrogen) atoms. The smallest absolute Gasteiger partial charge is 0.238 e. The van der Waals surface area contributed by atoms with Gasteiger partial charge >= 0.3 is 0 Å². The number of sulfonamides is 1. The van der Waals surface area contributed by atoms with Crippen molar-refractivity contribution in [3.63, 3.8) is 0 Å². The fraction of sp³-hybridized carbons (Fsp3) is 0.0769. The minimum Gasteiger partial charge on any atom is -0.497 e. The highest BCUT2D eigenvalue weighted by Gasteiger charge is 2.12. The van der Waals surface area contributed by atoms with Gasteiger partial charge in [0.1, 0.15) is 11.6 Å². The second-order valence-electron chi connectivity index (χ2n) is 4.26. The summed E-state index contributed by atoms with van der Waals surface area (Å²) in [5.41, 5.74) is 6.34. The van der Waals surface area contributed by atoms with Crippen LogP contribution in [0, 0.1) is 5.82 Å². The molecular weight excluding hydrogens is 297 g/mol. The van der Waals surface area contributed by atoms with Crippen molar-refractivity contribution in [3.8, 4) is 5.75 Å². The molecule has 2 aromatic carbocycles. The molecule has 6 nitrogen and oxygen atoms in total. The zero-order chi connectivity index (χ0) is 15.6. The summed E-state index contributed by atoms with van der Waals surface area (Å²) in [6.07, 6.45) is 0. The van der Waals surface area contributed by atoms with Crippen molar-refractivity contribution in [2.24, 2.45) is 5.14 Å². The van der Waals surface area contributed by atoms with E-state index < -0.39 is 15.8 Å². The van der Waals surface area contributed by atoms with Crippen LogP contribution in [0.1, 0.15) is 0 Å². The molecule has 0 bridgehead atoms. The summed E-state index contributed by atoms with van der Waals surface area (Å²) in [5.74, 6) is -0.0868. The molecule has 112 valence electrons. The lowest BCUT2D eigenvalue weighted by atomic mass is 10.2. The Kier molecular flexibility index (Phi) is 4.01. The van der Waals surface area contributed by atoms with Gasteiger partial charge in [0.25, 0.3) is 0 Å². The van der Waals surface area contributed by atoms with Crippen LogP contribution < -0.4 is 20.9 Å². The Hall–Kier alpha value is -2.32. The zero-order valence-corrected chi connectivity index (χ0v) is 11.9. The molecule has 2 aromatic rings. The maximum absolute atomic E-state index is 13.8. The molecule has 0 aliphatic heterocycles. The number of nitrogens with one attached hydrogen (secondary N) is 1. The number of nitrogens with two attached hydrogens (primary N) is 2. The van der Waals surface area contributed by atoms with Crippen molar-refractivity contribution < 1.29 is 17.5 Å². The minimum absolute atomic E-state index is 0.104. The van der Waals surface area contributed by atoms with Gasteiger partial charge in [0.05, 0.1) is 29.1 Å². The first kappa shape index (κ1) is 15.1. The minimum atomic E-state index is -3.87. The quantitative estimate of drug-likeness (QED) is 0.746. The van der Waals surface area contributed by atoms with E-state index >= 15 is 0 Å². The van der Waals surface area contributed by atoms with Crippen molar-refractivity contribution in [3.05, 3.63) is 42.2 Å². The Morgan fingerprint density at radius 1 is 1.14 bits per heavy atom. The summed E-state index contributed by atoms with van der Waals surface area (Å²) >= 11 is 0. The molecule has 0 fully saturated rings. The van der Waals surface area contributed by atoms with E-state index in [9.17, 15) is 12.8 Å². The van der Waals surface area contributed by atoms with Crippen LogP contribution in [0.3, 0.4) is 0 Å². The van der Waals surface area contributed by atoms with Crippen LogP contribution in [0.5, 0.6) is 5.75 Å². The number of nitrogen functional groups attached to an aromatic ring is 1. The molecular formula is C13H14FN3O3S. The van der Waals surface area contributed by atoms with E-state index in [0.717, 1.165) is 0 Å². The van der Waals surface area contributed by atoms with Crippen LogP contribution >= 0.6 is 0 Å². The Morgan fingerprint density at radius 2 is 1.86 bits per heavy atom. The summed E-state index contributed by atoms with van der Waals surface area (Å²) in [7, 11) is -2.42. The highest BCUT2D eigenvalue weighted by Crippen LogP contribution is 2.29. The van der Waals surface area contributed by atoms with Gasteiger partial charge in [-0.25, -0.2) is 17.9 Å². The largest absolute Gasteiger partial charge is 0.497 e. The Bertz CT molecular complexity index is 778. The Balaban J connectivity index is 2.44. The standard InChI is InChI=1S/C13H14FN3O3S/c1-20-8-2-4-10(14)12(6-8)17-13-7-9(21(16,18)19)3-5-11(13)15/h2-7,17H,15H2,1H3,(H2,16,18,19). The summed E-state index contributed by atoms with van der Waals surface area (Å²) in [4.78, 5) is -0.123. The first-order chi connectivity index (χ1) is 9.81. The molecule has 0 aromatic heterocycles. The van der Waals surface area contributed by atoms with E-state index in [2.05, 4.69) is 5.32 Å². The van der Waals surface area contributed by atoms with Crippen LogP contribution in [0.4, 0.5) is 21.5 Å². The fourth-order valence-corrected chi connectivity index (χ4v) is 2.23. The maximum atomic E-state index is 13.8. The second-order valence-corrected chi connectivity index (χ2v) is 5.83. The van der Waals surface area contributed by atoms with Crippen LogP contribution in [-0.2, 0) is 10.0 Å². The van der Waals surface area contributed by atoms with Crippen molar-refractivity contribution in [1.82, 2.24) is 0 Å². The molecule has 0 atom stereocenters. The number of anilines is 3. The van der Waals surface area contributed by atoms with Gasteiger partial charge in [0, 0.05) is 6.07 Å². The number of methoxy groups -OCH3 is 1. The molecule has 8 heteroatoms. The number of hydrogen-bond donors (Lipinski definition) is 3. The van der Waals surface area contributed by atoms with Crippen LogP contribution in [0.15, 0.2) is 41.3 Å². The molecule has 5 N–H and O–H groups in total. The Labute approximate surface area is 121 Å². The number of ether oxygens (including phenoxy) is 1. The van der Waals surface area contributed by atoms with Crippen molar-refractivity contribution in [2.75, 3.05) is 18.2 Å². The third-order valence-electron chi connectivity index (χ3n) is 2.80. The highest BCUT2D eigenvalue weighted by molar-refractivity contribution is 7.89. The van der Waals surface area contributed by atoms with Gasteiger partial charge in [-0.1, -0.05) is 0 Å². The third-order valence-corrected chi connectivity index (χ3v) is 3.71. The summed E-state index contributed by atoms with van der Waals surface area (Å²) < 4.78 is 41.4. The maximum Gasteiger partial charge on any atom is 0.238 e. The molecule has 0 unspecified atom stereocenters. The predicted octanol–water partition coefficient (Wildman–Crippen LogP) is 1.81. The lowest BCUT2D eigenvalue weighted by molar-refractivity contribution is 0.414. The molecule has 0 radical (unpaired) electrons. The second kappa shape index (κ2) is 5.58. The van der Waals surface area contributed by atoms with Crippen molar-refractivity contribution in [2.45, 2.75) is 4.90 Å². The average Bonchev–Trinajstić information content (AvgIpc) is 2.42. The van der Waals surface area contributed by atoms with E-state index in [1.165, 1.54) is 43.5 Å². The van der Waals surface area contributed by atoms with Gasteiger partial charge in [-0.3, -0.25) is 0 Å². The van der Waals surface area contributed by atoms with Crippen LogP contribution in [-0.4, -0.2) is 15.5 Å². The number of halogens is 1. The molecule has 0 saturated carbocycles. The molecule has 2 rings (SSSR count). The summed E-state index contributed by atoms with van der Waals surface area (Å²) in [5, 5.41) is 7.78. The topological polar surface area (TPSA) is 107 Å². The van der Waals surface area contributed by atoms with Gasteiger partial charge in [0.2, 0.25) is 10.0 Å². The molecule has 0 aliphatic carbocycles. The van der Waals surface area contributed by atoms with Gasteiger partial charge in [-0.05, 0) is 30.3 Å². The normalized spacial score (nSPS) is 11.2. The monoisotopic (exact) mass is 311 g/mol. The zero-order valence-electron chi connectivity index (χ0n) is 11.1. The average molecular weight is 311 g/mol. The molecule has 0 saturated heterocycles. The third kappa shape index (κ3) is 3.41. The number of hydrogen-bond acceptors (Lipinski definition) is 5. The predicted molar refractivity (Wildman–Crippen MR) is 78.5 cm³/mol. The fourth-order valence-electron chi connectivity index (χ4n) is 1.69. The van der Waals surface area contributed by atoms with Crippen LogP contribution in [0.2, 0.25) is 0 Å². The van der Waals surface area contributed by atoms with Crippen LogP contribution in [0.25, 0.3) is 0 Å². The van der Waals surface area contributed by atoms with E-state index in [1.807, 2.05) is 0 Å². The van der Waals surface area contributed by atoms with Gasteiger partial charge in [0.15, 0.2) is 0 Å². The lowest BCUT2D eigenvalue weighted by Crippen LogP contribution is -2.12. The first-order valence-corrected chi connectivity index (χ1v) is 7.39. The lowest BCUT2D eigenvalue weighted by Gasteiger charge is -2.12. The Morgan fingerprint density at radius 3 is 2.48 bits per heavy atom. The van der Waals surface area contributed by atoms with E-state index in [4.69, 9.17) is 15.6 Å². The van der Waals surface area contributed by atoms with Crippen molar-refractivity contribution in [1.29, 1.82) is 0 Å². The summed E-state index contributed by atoms with van der Waals surface area (Å²) in [6, 6.07) is 8.01. The molecule has 0 aliphatic rings.